The predicted molar refractivity (Wildman–Crippen MR) is 84.0 cm³/mol. The molecule has 1 atom stereocenters. The molecule has 4 aliphatic carbocycles. The molecule has 0 radical (unpaired) electrons. The van der Waals surface area contributed by atoms with E-state index in [-0.39, 0.29) is 17.4 Å². The van der Waals surface area contributed by atoms with Crippen molar-refractivity contribution in [3.8, 4) is 0 Å². The summed E-state index contributed by atoms with van der Waals surface area (Å²) in [7, 11) is 0. The second kappa shape index (κ2) is 5.24. The number of carbonyl (C=O) groups excluding carboxylic acids is 2. The highest BCUT2D eigenvalue weighted by Gasteiger charge is 2.56. The van der Waals surface area contributed by atoms with E-state index in [0.717, 1.165) is 56.4 Å². The van der Waals surface area contributed by atoms with Gasteiger partial charge in [-0.25, -0.2) is 0 Å². The van der Waals surface area contributed by atoms with Gasteiger partial charge in [-0.05, 0) is 76.0 Å². The molecule has 4 bridgehead atoms. The number of rotatable bonds is 3. The van der Waals surface area contributed by atoms with Gasteiger partial charge in [-0.1, -0.05) is 0 Å². The average Bonchev–Trinajstić information content (AvgIpc) is 2.94. The Morgan fingerprint density at radius 3 is 2.23 bits per heavy atom. The van der Waals surface area contributed by atoms with E-state index < -0.39 is 0 Å². The lowest BCUT2D eigenvalue weighted by atomic mass is 9.49. The monoisotopic (exact) mass is 304 g/mol. The zero-order valence-electron chi connectivity index (χ0n) is 13.6. The predicted octanol–water partition coefficient (Wildman–Crippen LogP) is 2.33. The second-order valence-corrected chi connectivity index (χ2v) is 8.25. The molecule has 0 unspecified atom stereocenters. The Bertz CT molecular complexity index is 452. The van der Waals surface area contributed by atoms with Crippen LogP contribution in [0.3, 0.4) is 0 Å². The maximum atomic E-state index is 13.4. The highest BCUT2D eigenvalue weighted by molar-refractivity contribution is 5.91. The van der Waals surface area contributed by atoms with Gasteiger partial charge in [0.25, 0.3) is 0 Å². The van der Waals surface area contributed by atoms with Crippen LogP contribution in [0.5, 0.6) is 0 Å². The summed E-state index contributed by atoms with van der Waals surface area (Å²) in [5.41, 5.74) is -0.107. The molecule has 4 saturated carbocycles. The summed E-state index contributed by atoms with van der Waals surface area (Å²) in [4.78, 5) is 27.6. The van der Waals surface area contributed by atoms with Crippen molar-refractivity contribution in [1.82, 2.24) is 10.2 Å². The zero-order chi connectivity index (χ0) is 15.3. The zero-order valence-corrected chi connectivity index (χ0v) is 13.6. The third-order valence-corrected chi connectivity index (χ3v) is 6.66. The maximum absolute atomic E-state index is 13.4. The number of hydrogen-bond acceptors (Lipinski definition) is 2. The maximum Gasteiger partial charge on any atom is 0.242 e. The first-order valence-corrected chi connectivity index (χ1v) is 9.20. The molecule has 2 amide bonds. The van der Waals surface area contributed by atoms with Gasteiger partial charge >= 0.3 is 0 Å². The third-order valence-electron chi connectivity index (χ3n) is 6.66. The third kappa shape index (κ3) is 2.17. The summed E-state index contributed by atoms with van der Waals surface area (Å²) in [5.74, 6) is 2.71. The molecule has 122 valence electrons. The summed E-state index contributed by atoms with van der Waals surface area (Å²) in [6.07, 6.45) is 9.15. The molecule has 1 N–H and O–H groups in total. The van der Waals surface area contributed by atoms with Crippen molar-refractivity contribution >= 4 is 11.8 Å². The van der Waals surface area contributed by atoms with Crippen molar-refractivity contribution in [2.75, 3.05) is 13.1 Å². The topological polar surface area (TPSA) is 49.4 Å². The van der Waals surface area contributed by atoms with Gasteiger partial charge in [-0.3, -0.25) is 9.59 Å². The van der Waals surface area contributed by atoms with Gasteiger partial charge in [0, 0.05) is 13.1 Å². The minimum absolute atomic E-state index is 0.0538. The molecule has 4 heteroatoms. The number of likely N-dealkylation sites (N-methyl/N-ethyl adjacent to an activating group) is 1. The van der Waals surface area contributed by atoms with Crippen LogP contribution < -0.4 is 5.32 Å². The number of amides is 2. The van der Waals surface area contributed by atoms with E-state index in [9.17, 15) is 9.59 Å². The molecule has 1 heterocycles. The Morgan fingerprint density at radius 2 is 1.68 bits per heavy atom. The van der Waals surface area contributed by atoms with Crippen molar-refractivity contribution in [2.24, 2.45) is 23.2 Å². The Balaban J connectivity index is 1.55. The summed E-state index contributed by atoms with van der Waals surface area (Å²) >= 11 is 0. The van der Waals surface area contributed by atoms with E-state index in [1.807, 2.05) is 11.8 Å². The van der Waals surface area contributed by atoms with Crippen LogP contribution in [0.4, 0.5) is 0 Å². The number of likely N-dealkylation sites (tertiary alicyclic amines) is 1. The van der Waals surface area contributed by atoms with Crippen LogP contribution in [-0.4, -0.2) is 35.8 Å². The molecule has 0 spiro atoms. The van der Waals surface area contributed by atoms with E-state index in [4.69, 9.17) is 0 Å². The lowest BCUT2D eigenvalue weighted by Gasteiger charge is -2.56. The van der Waals surface area contributed by atoms with Crippen LogP contribution in [0, 0.1) is 23.2 Å². The number of carbonyl (C=O) groups is 2. The Kier molecular flexibility index (Phi) is 3.46. The molecule has 1 aliphatic heterocycles. The Labute approximate surface area is 133 Å². The lowest BCUT2D eigenvalue weighted by molar-refractivity contribution is -0.160. The van der Waals surface area contributed by atoms with Crippen molar-refractivity contribution < 1.29 is 9.59 Å². The first kappa shape index (κ1) is 14.5. The lowest BCUT2D eigenvalue weighted by Crippen LogP contribution is -2.57. The van der Waals surface area contributed by atoms with Gasteiger partial charge in [-0.15, -0.1) is 0 Å². The normalized spacial score (nSPS) is 42.7. The van der Waals surface area contributed by atoms with Crippen LogP contribution in [-0.2, 0) is 9.59 Å². The number of nitrogens with one attached hydrogen (secondary N) is 1. The molecule has 0 aromatic carbocycles. The fourth-order valence-corrected chi connectivity index (χ4v) is 6.25. The summed E-state index contributed by atoms with van der Waals surface area (Å²) in [5, 5.41) is 2.91. The second-order valence-electron chi connectivity index (χ2n) is 8.25. The molecule has 5 aliphatic rings. The van der Waals surface area contributed by atoms with Crippen LogP contribution in [0.25, 0.3) is 0 Å². The molecule has 5 fully saturated rings. The molecule has 1 saturated heterocycles. The highest BCUT2D eigenvalue weighted by Crippen LogP contribution is 2.60. The van der Waals surface area contributed by atoms with Crippen molar-refractivity contribution in [3.05, 3.63) is 0 Å². The van der Waals surface area contributed by atoms with E-state index in [2.05, 4.69) is 5.32 Å². The van der Waals surface area contributed by atoms with Gasteiger partial charge in [0.2, 0.25) is 11.8 Å². The fraction of sp³-hybridized carbons (Fsp3) is 0.889. The number of hydrogen-bond donors (Lipinski definition) is 1. The molecular weight excluding hydrogens is 276 g/mol. The summed E-state index contributed by atoms with van der Waals surface area (Å²) in [6.45, 7) is 3.37. The van der Waals surface area contributed by atoms with Gasteiger partial charge in [-0.2, -0.15) is 0 Å². The molecule has 5 rings (SSSR count). The SMILES string of the molecule is CCNC(=O)[C@@H]1CCCN1C(=O)C12CC3CC(CC(C3)C1)C2. The van der Waals surface area contributed by atoms with Gasteiger partial charge < -0.3 is 10.2 Å². The van der Waals surface area contributed by atoms with Crippen molar-refractivity contribution in [2.45, 2.75) is 64.3 Å². The van der Waals surface area contributed by atoms with Crippen molar-refractivity contribution in [3.63, 3.8) is 0 Å². The van der Waals surface area contributed by atoms with Crippen LogP contribution in [0.15, 0.2) is 0 Å². The van der Waals surface area contributed by atoms with Gasteiger partial charge in [0.15, 0.2) is 0 Å². The number of nitrogens with zero attached hydrogens (tertiary/aromatic N) is 1. The minimum Gasteiger partial charge on any atom is -0.355 e. The average molecular weight is 304 g/mol. The van der Waals surface area contributed by atoms with E-state index in [1.54, 1.807) is 0 Å². The highest BCUT2D eigenvalue weighted by atomic mass is 16.2. The molecule has 22 heavy (non-hydrogen) atoms. The minimum atomic E-state index is -0.208. The quantitative estimate of drug-likeness (QED) is 0.870. The Hall–Kier alpha value is -1.06. The molecule has 0 aromatic rings. The molecular formula is C18H28N2O2. The smallest absolute Gasteiger partial charge is 0.242 e. The fourth-order valence-electron chi connectivity index (χ4n) is 6.25. The summed E-state index contributed by atoms with van der Waals surface area (Å²) < 4.78 is 0. The molecule has 0 aromatic heterocycles. The van der Waals surface area contributed by atoms with E-state index >= 15 is 0 Å². The first-order valence-electron chi connectivity index (χ1n) is 9.20. The van der Waals surface area contributed by atoms with E-state index in [0.29, 0.717) is 12.5 Å². The van der Waals surface area contributed by atoms with Gasteiger partial charge in [0.05, 0.1) is 5.41 Å². The molecule has 4 nitrogen and oxygen atoms in total. The van der Waals surface area contributed by atoms with Crippen LogP contribution in [0.1, 0.15) is 58.3 Å². The van der Waals surface area contributed by atoms with Crippen molar-refractivity contribution in [1.29, 1.82) is 0 Å². The van der Waals surface area contributed by atoms with E-state index in [1.165, 1.54) is 19.3 Å². The summed E-state index contributed by atoms with van der Waals surface area (Å²) in [6, 6.07) is -0.208. The van der Waals surface area contributed by atoms with Gasteiger partial charge in [0.1, 0.15) is 6.04 Å². The van der Waals surface area contributed by atoms with Crippen LogP contribution >= 0.6 is 0 Å². The van der Waals surface area contributed by atoms with Crippen LogP contribution in [0.2, 0.25) is 0 Å². The largest absolute Gasteiger partial charge is 0.355 e. The first-order chi connectivity index (χ1) is 10.6. The Morgan fingerprint density at radius 1 is 1.09 bits per heavy atom. The standard InChI is InChI=1S/C18H28N2O2/c1-2-19-16(21)15-4-3-5-20(15)17(22)18-9-12-6-13(10-18)8-14(7-12)11-18/h12-15H,2-11H2,1H3,(H,19,21)/t12?,13?,14?,15-,18?/m0/s1.